The van der Waals surface area contributed by atoms with Crippen LogP contribution in [-0.4, -0.2) is 50.6 Å². The highest BCUT2D eigenvalue weighted by atomic mass is 16.4. The zero-order valence-electron chi connectivity index (χ0n) is 7.06. The van der Waals surface area contributed by atoms with Crippen LogP contribution in [0.5, 0.6) is 0 Å². The van der Waals surface area contributed by atoms with Gasteiger partial charge < -0.3 is 25.2 Å². The minimum absolute atomic E-state index is 0.101. The van der Waals surface area contributed by atoms with Crippen molar-refractivity contribution in [2.24, 2.45) is 0 Å². The van der Waals surface area contributed by atoms with Crippen LogP contribution in [0.15, 0.2) is 0 Å². The zero-order chi connectivity index (χ0) is 9.99. The first-order valence-electron chi connectivity index (χ1n) is 3.48. The number of carbonyl (C=O) groups excluding carboxylic acids is 1. The summed E-state index contributed by atoms with van der Waals surface area (Å²) in [6, 6.07) is 0. The average molecular weight is 178 g/mol. The first-order chi connectivity index (χ1) is 5.29. The molecule has 5 nitrogen and oxygen atoms in total. The van der Waals surface area contributed by atoms with Crippen LogP contribution < -0.4 is 0 Å². The summed E-state index contributed by atoms with van der Waals surface area (Å²) in [7, 11) is 0. The molecule has 0 rings (SSSR count). The number of aliphatic hydroxyl groups is 4. The quantitative estimate of drug-likeness (QED) is 0.375. The summed E-state index contributed by atoms with van der Waals surface area (Å²) in [6.45, 7) is 1.45. The third-order valence-corrected chi connectivity index (χ3v) is 2.10. The van der Waals surface area contributed by atoms with Crippen LogP contribution >= 0.6 is 0 Å². The van der Waals surface area contributed by atoms with Gasteiger partial charge in [-0.2, -0.15) is 0 Å². The third-order valence-electron chi connectivity index (χ3n) is 2.10. The Hall–Kier alpha value is -0.490. The minimum atomic E-state index is -2.05. The van der Waals surface area contributed by atoms with Crippen LogP contribution in [-0.2, 0) is 4.79 Å². The van der Waals surface area contributed by atoms with Crippen LogP contribution in [0.25, 0.3) is 0 Å². The molecule has 0 amide bonds. The lowest BCUT2D eigenvalue weighted by Gasteiger charge is -2.38. The molecule has 4 N–H and O–H groups in total. The molecule has 72 valence electrons. The van der Waals surface area contributed by atoms with Crippen molar-refractivity contribution in [2.45, 2.75) is 31.2 Å². The molecule has 0 bridgehead atoms. The van der Waals surface area contributed by atoms with E-state index in [4.69, 9.17) is 10.2 Å². The van der Waals surface area contributed by atoms with Crippen molar-refractivity contribution in [1.29, 1.82) is 0 Å². The zero-order valence-corrected chi connectivity index (χ0v) is 7.06. The van der Waals surface area contributed by atoms with E-state index in [-0.39, 0.29) is 6.29 Å². The van der Waals surface area contributed by atoms with Gasteiger partial charge in [-0.25, -0.2) is 0 Å². The number of hydrogen-bond donors (Lipinski definition) is 4. The van der Waals surface area contributed by atoms with E-state index in [1.54, 1.807) is 0 Å². The molecule has 0 saturated carbocycles. The minimum Gasteiger partial charge on any atom is -0.393 e. The molecule has 0 radical (unpaired) electrons. The lowest BCUT2D eigenvalue weighted by Crippen LogP contribution is -2.60. The van der Waals surface area contributed by atoms with Crippen LogP contribution in [0, 0.1) is 0 Å². The molecule has 0 aliphatic heterocycles. The molecule has 12 heavy (non-hydrogen) atoms. The molecule has 0 aliphatic rings. The predicted molar refractivity (Wildman–Crippen MR) is 40.4 cm³/mol. The highest BCUT2D eigenvalue weighted by Gasteiger charge is 2.46. The molecule has 0 aromatic heterocycles. The van der Waals surface area contributed by atoms with Crippen LogP contribution in [0.4, 0.5) is 0 Å². The van der Waals surface area contributed by atoms with Gasteiger partial charge in [0.15, 0.2) is 6.29 Å². The molecule has 0 unspecified atom stereocenters. The Morgan fingerprint density at radius 2 is 1.83 bits per heavy atom. The van der Waals surface area contributed by atoms with E-state index in [0.717, 1.165) is 13.8 Å². The van der Waals surface area contributed by atoms with Gasteiger partial charge in [0.05, 0.1) is 6.61 Å². The van der Waals surface area contributed by atoms with Crippen molar-refractivity contribution in [1.82, 2.24) is 0 Å². The van der Waals surface area contributed by atoms with Crippen LogP contribution in [0.1, 0.15) is 13.8 Å². The van der Waals surface area contributed by atoms with Crippen molar-refractivity contribution in [3.8, 4) is 0 Å². The number of aldehydes is 1. The fourth-order valence-electron chi connectivity index (χ4n) is 0.611. The van der Waals surface area contributed by atoms with Gasteiger partial charge in [-0.15, -0.1) is 0 Å². The topological polar surface area (TPSA) is 98.0 Å². The van der Waals surface area contributed by atoms with Crippen molar-refractivity contribution in [3.63, 3.8) is 0 Å². The number of carbonyl (C=O) groups is 1. The van der Waals surface area contributed by atoms with Crippen molar-refractivity contribution in [2.75, 3.05) is 6.61 Å². The standard InChI is InChI=1S/C7H14O5/c1-6(11,4-9)7(2,12)5(10)3-8/h3,5,9-12H,4H2,1-2H3/t5-,6+,7+/m0/s1. The molecule has 0 heterocycles. The van der Waals surface area contributed by atoms with Gasteiger partial charge in [-0.3, -0.25) is 0 Å². The molecule has 0 fully saturated rings. The van der Waals surface area contributed by atoms with E-state index in [2.05, 4.69) is 0 Å². The largest absolute Gasteiger partial charge is 0.393 e. The highest BCUT2D eigenvalue weighted by Crippen LogP contribution is 2.24. The summed E-state index contributed by atoms with van der Waals surface area (Å²) >= 11 is 0. The second kappa shape index (κ2) is 3.49. The molecular weight excluding hydrogens is 164 g/mol. The van der Waals surface area contributed by atoms with Gasteiger partial charge >= 0.3 is 0 Å². The highest BCUT2D eigenvalue weighted by molar-refractivity contribution is 5.58. The summed E-state index contributed by atoms with van der Waals surface area (Å²) in [5, 5.41) is 36.4. The third kappa shape index (κ3) is 1.81. The second-order valence-electron chi connectivity index (χ2n) is 3.16. The normalized spacial score (nSPS) is 23.8. The Morgan fingerprint density at radius 3 is 2.08 bits per heavy atom. The number of aliphatic hydroxyl groups excluding tert-OH is 2. The Morgan fingerprint density at radius 1 is 1.42 bits per heavy atom. The number of rotatable bonds is 4. The van der Waals surface area contributed by atoms with Crippen molar-refractivity contribution >= 4 is 6.29 Å². The van der Waals surface area contributed by atoms with Gasteiger partial charge in [0.25, 0.3) is 0 Å². The van der Waals surface area contributed by atoms with E-state index in [0.29, 0.717) is 0 Å². The van der Waals surface area contributed by atoms with Gasteiger partial charge in [0, 0.05) is 0 Å². The van der Waals surface area contributed by atoms with Gasteiger partial charge in [-0.05, 0) is 13.8 Å². The summed E-state index contributed by atoms with van der Waals surface area (Å²) in [5.41, 5.74) is -3.96. The fourth-order valence-corrected chi connectivity index (χ4v) is 0.611. The maximum atomic E-state index is 10.1. The molecule has 0 saturated heterocycles. The smallest absolute Gasteiger partial charge is 0.151 e. The summed E-state index contributed by atoms with van der Waals surface area (Å²) < 4.78 is 0. The lowest BCUT2D eigenvalue weighted by molar-refractivity contribution is -0.195. The Kier molecular flexibility index (Phi) is 3.34. The maximum Gasteiger partial charge on any atom is 0.151 e. The second-order valence-corrected chi connectivity index (χ2v) is 3.16. The Bertz CT molecular complexity index is 163. The molecule has 3 atom stereocenters. The summed E-state index contributed by atoms with van der Waals surface area (Å²) in [5.74, 6) is 0. The molecule has 0 spiro atoms. The van der Waals surface area contributed by atoms with Gasteiger partial charge in [0.2, 0.25) is 0 Å². The van der Waals surface area contributed by atoms with E-state index in [1.807, 2.05) is 0 Å². The first kappa shape index (κ1) is 11.5. The SMILES string of the molecule is C[C@@](O)(CO)[C@](C)(O)[C@@H](O)C=O. The summed E-state index contributed by atoms with van der Waals surface area (Å²) in [4.78, 5) is 10.1. The average Bonchev–Trinajstić information content (AvgIpc) is 2.02. The van der Waals surface area contributed by atoms with Crippen molar-refractivity contribution < 1.29 is 25.2 Å². The molecule has 0 aromatic rings. The van der Waals surface area contributed by atoms with Gasteiger partial charge in [-0.1, -0.05) is 0 Å². The van der Waals surface area contributed by atoms with E-state index < -0.39 is 23.9 Å². The Labute approximate surface area is 70.3 Å². The monoisotopic (exact) mass is 178 g/mol. The summed E-state index contributed by atoms with van der Waals surface area (Å²) in [6.07, 6.45) is -1.62. The van der Waals surface area contributed by atoms with E-state index in [1.165, 1.54) is 0 Å². The van der Waals surface area contributed by atoms with Crippen LogP contribution in [0.2, 0.25) is 0 Å². The molecule has 0 aliphatic carbocycles. The first-order valence-corrected chi connectivity index (χ1v) is 3.48. The Balaban J connectivity index is 4.69. The van der Waals surface area contributed by atoms with E-state index in [9.17, 15) is 15.0 Å². The van der Waals surface area contributed by atoms with Crippen LogP contribution in [0.3, 0.4) is 0 Å². The molecular formula is C7H14O5. The van der Waals surface area contributed by atoms with Crippen molar-refractivity contribution in [3.05, 3.63) is 0 Å². The van der Waals surface area contributed by atoms with E-state index >= 15 is 0 Å². The number of hydrogen-bond acceptors (Lipinski definition) is 5. The van der Waals surface area contributed by atoms with Gasteiger partial charge in [0.1, 0.15) is 17.3 Å². The maximum absolute atomic E-state index is 10.1. The predicted octanol–water partition coefficient (Wildman–Crippen LogP) is -1.96. The lowest BCUT2D eigenvalue weighted by atomic mass is 9.82. The molecule has 5 heteroatoms. The fraction of sp³-hybridized carbons (Fsp3) is 0.857. The molecule has 0 aromatic carbocycles.